The maximum absolute atomic E-state index is 6.28. The normalized spacial score (nSPS) is 12.6. The smallest absolute Gasteiger partial charge is 0.0453 e. The molecule has 20 heavy (non-hydrogen) atoms. The highest BCUT2D eigenvalue weighted by Crippen LogP contribution is 2.26. The van der Waals surface area contributed by atoms with Gasteiger partial charge in [-0.05, 0) is 65.9 Å². The van der Waals surface area contributed by atoms with Crippen LogP contribution < -0.4 is 5.32 Å². The molecular formula is C16H19Cl2NS. The summed E-state index contributed by atoms with van der Waals surface area (Å²) in [7, 11) is 0. The number of hydrogen-bond donors (Lipinski definition) is 1. The van der Waals surface area contributed by atoms with Gasteiger partial charge in [-0.15, -0.1) is 0 Å². The fourth-order valence-corrected chi connectivity index (χ4v) is 3.47. The van der Waals surface area contributed by atoms with E-state index in [1.54, 1.807) is 11.3 Å². The first kappa shape index (κ1) is 15.8. The van der Waals surface area contributed by atoms with Crippen LogP contribution in [0.5, 0.6) is 0 Å². The molecule has 0 amide bonds. The summed E-state index contributed by atoms with van der Waals surface area (Å²) in [5.74, 6) is 0. The zero-order valence-electron chi connectivity index (χ0n) is 11.5. The van der Waals surface area contributed by atoms with Gasteiger partial charge in [0.25, 0.3) is 0 Å². The van der Waals surface area contributed by atoms with E-state index in [1.165, 1.54) is 5.56 Å². The molecule has 0 saturated carbocycles. The second kappa shape index (κ2) is 8.04. The van der Waals surface area contributed by atoms with Crippen LogP contribution in [0, 0.1) is 0 Å². The Hall–Kier alpha value is -0.540. The van der Waals surface area contributed by atoms with Gasteiger partial charge in [0.15, 0.2) is 0 Å². The average molecular weight is 328 g/mol. The minimum absolute atomic E-state index is 0.363. The molecule has 1 heterocycles. The van der Waals surface area contributed by atoms with Crippen molar-refractivity contribution in [3.05, 3.63) is 56.2 Å². The van der Waals surface area contributed by atoms with E-state index in [0.29, 0.717) is 6.04 Å². The van der Waals surface area contributed by atoms with Crippen molar-refractivity contribution in [1.29, 1.82) is 0 Å². The molecule has 0 radical (unpaired) electrons. The average Bonchev–Trinajstić information content (AvgIpc) is 2.93. The standard InChI is InChI=1S/C16H19Cl2NS/c1-2-7-19-13(9-12-6-8-20-11-12)10-14-15(17)4-3-5-16(14)18/h3-6,8,11,13,19H,2,7,9-10H2,1H3. The molecule has 2 aromatic rings. The van der Waals surface area contributed by atoms with E-state index in [4.69, 9.17) is 23.2 Å². The Balaban J connectivity index is 2.10. The zero-order valence-corrected chi connectivity index (χ0v) is 13.9. The predicted molar refractivity (Wildman–Crippen MR) is 90.3 cm³/mol. The van der Waals surface area contributed by atoms with Crippen LogP contribution in [0.25, 0.3) is 0 Å². The minimum atomic E-state index is 0.363. The fraction of sp³-hybridized carbons (Fsp3) is 0.375. The lowest BCUT2D eigenvalue weighted by Gasteiger charge is -2.19. The molecule has 4 heteroatoms. The lowest BCUT2D eigenvalue weighted by Crippen LogP contribution is -2.33. The van der Waals surface area contributed by atoms with Gasteiger partial charge < -0.3 is 5.32 Å². The van der Waals surface area contributed by atoms with Crippen molar-refractivity contribution in [3.8, 4) is 0 Å². The van der Waals surface area contributed by atoms with Crippen molar-refractivity contribution in [2.75, 3.05) is 6.54 Å². The first-order valence-electron chi connectivity index (χ1n) is 6.88. The molecule has 1 aromatic heterocycles. The van der Waals surface area contributed by atoms with Gasteiger partial charge >= 0.3 is 0 Å². The summed E-state index contributed by atoms with van der Waals surface area (Å²) >= 11 is 14.3. The molecule has 1 atom stereocenters. The van der Waals surface area contributed by atoms with Gasteiger partial charge in [-0.2, -0.15) is 11.3 Å². The quantitative estimate of drug-likeness (QED) is 0.736. The summed E-state index contributed by atoms with van der Waals surface area (Å²) < 4.78 is 0. The van der Waals surface area contributed by atoms with Crippen LogP contribution in [0.15, 0.2) is 35.0 Å². The van der Waals surface area contributed by atoms with E-state index >= 15 is 0 Å². The highest BCUT2D eigenvalue weighted by molar-refractivity contribution is 7.07. The molecule has 1 unspecified atom stereocenters. The lowest BCUT2D eigenvalue weighted by atomic mass is 10.00. The van der Waals surface area contributed by atoms with Crippen LogP contribution in [-0.2, 0) is 12.8 Å². The number of nitrogens with one attached hydrogen (secondary N) is 1. The Morgan fingerprint density at radius 2 is 1.90 bits per heavy atom. The van der Waals surface area contributed by atoms with Crippen molar-refractivity contribution in [1.82, 2.24) is 5.32 Å². The Morgan fingerprint density at radius 1 is 1.15 bits per heavy atom. The zero-order chi connectivity index (χ0) is 14.4. The molecule has 1 nitrogen and oxygen atoms in total. The topological polar surface area (TPSA) is 12.0 Å². The molecule has 0 aliphatic carbocycles. The summed E-state index contributed by atoms with van der Waals surface area (Å²) in [5, 5.41) is 9.43. The van der Waals surface area contributed by atoms with Crippen molar-refractivity contribution in [3.63, 3.8) is 0 Å². The van der Waals surface area contributed by atoms with Gasteiger partial charge in [0.05, 0.1) is 0 Å². The molecule has 0 aliphatic rings. The van der Waals surface area contributed by atoms with E-state index < -0.39 is 0 Å². The van der Waals surface area contributed by atoms with Gasteiger partial charge in [0, 0.05) is 16.1 Å². The van der Waals surface area contributed by atoms with E-state index in [2.05, 4.69) is 29.1 Å². The maximum Gasteiger partial charge on any atom is 0.0453 e. The molecule has 0 aliphatic heterocycles. The van der Waals surface area contributed by atoms with E-state index in [-0.39, 0.29) is 0 Å². The SMILES string of the molecule is CCCNC(Cc1ccsc1)Cc1c(Cl)cccc1Cl. The molecule has 0 fully saturated rings. The predicted octanol–water partition coefficient (Wildman–Crippen LogP) is 5.21. The minimum Gasteiger partial charge on any atom is -0.313 e. The number of benzene rings is 1. The summed E-state index contributed by atoms with van der Waals surface area (Å²) in [6, 6.07) is 8.25. The molecule has 1 aromatic carbocycles. The van der Waals surface area contributed by atoms with Gasteiger partial charge in [-0.1, -0.05) is 36.2 Å². The number of thiophene rings is 1. The monoisotopic (exact) mass is 327 g/mol. The third-order valence-corrected chi connectivity index (χ3v) is 4.70. The first-order valence-corrected chi connectivity index (χ1v) is 8.58. The molecular weight excluding hydrogens is 309 g/mol. The third-order valence-electron chi connectivity index (χ3n) is 3.26. The Morgan fingerprint density at radius 3 is 2.50 bits per heavy atom. The van der Waals surface area contributed by atoms with Gasteiger partial charge in [0.2, 0.25) is 0 Å². The van der Waals surface area contributed by atoms with Crippen LogP contribution in [-0.4, -0.2) is 12.6 Å². The van der Waals surface area contributed by atoms with Crippen LogP contribution in [0.4, 0.5) is 0 Å². The molecule has 0 bridgehead atoms. The maximum atomic E-state index is 6.28. The molecule has 0 saturated heterocycles. The molecule has 2 rings (SSSR count). The van der Waals surface area contributed by atoms with Crippen LogP contribution in [0.2, 0.25) is 10.0 Å². The van der Waals surface area contributed by atoms with Crippen molar-refractivity contribution in [2.45, 2.75) is 32.2 Å². The summed E-state index contributed by atoms with van der Waals surface area (Å²) in [4.78, 5) is 0. The Labute approximate surface area is 134 Å². The fourth-order valence-electron chi connectivity index (χ4n) is 2.23. The summed E-state index contributed by atoms with van der Waals surface area (Å²) in [6.07, 6.45) is 2.98. The Kier molecular flexibility index (Phi) is 6.37. The molecule has 0 spiro atoms. The third kappa shape index (κ3) is 4.49. The van der Waals surface area contributed by atoms with Crippen LogP contribution in [0.3, 0.4) is 0 Å². The highest BCUT2D eigenvalue weighted by Gasteiger charge is 2.14. The lowest BCUT2D eigenvalue weighted by molar-refractivity contribution is 0.505. The largest absolute Gasteiger partial charge is 0.313 e. The van der Waals surface area contributed by atoms with Crippen molar-refractivity contribution >= 4 is 34.5 Å². The summed E-state index contributed by atoms with van der Waals surface area (Å²) in [5.41, 5.74) is 2.41. The van der Waals surface area contributed by atoms with Gasteiger partial charge in [-0.3, -0.25) is 0 Å². The number of rotatable bonds is 7. The van der Waals surface area contributed by atoms with E-state index in [0.717, 1.165) is 41.4 Å². The highest BCUT2D eigenvalue weighted by atomic mass is 35.5. The van der Waals surface area contributed by atoms with Gasteiger partial charge in [-0.25, -0.2) is 0 Å². The van der Waals surface area contributed by atoms with Crippen LogP contribution >= 0.6 is 34.5 Å². The number of halogens is 2. The summed E-state index contributed by atoms with van der Waals surface area (Å²) in [6.45, 7) is 3.19. The Bertz CT molecular complexity index is 505. The molecule has 108 valence electrons. The van der Waals surface area contributed by atoms with Crippen LogP contribution in [0.1, 0.15) is 24.5 Å². The van der Waals surface area contributed by atoms with Gasteiger partial charge in [0.1, 0.15) is 0 Å². The first-order chi connectivity index (χ1) is 9.70. The van der Waals surface area contributed by atoms with Crippen molar-refractivity contribution < 1.29 is 0 Å². The van der Waals surface area contributed by atoms with E-state index in [9.17, 15) is 0 Å². The second-order valence-corrected chi connectivity index (χ2v) is 6.49. The second-order valence-electron chi connectivity index (χ2n) is 4.89. The number of hydrogen-bond acceptors (Lipinski definition) is 2. The molecule has 1 N–H and O–H groups in total. The van der Waals surface area contributed by atoms with Crippen molar-refractivity contribution in [2.24, 2.45) is 0 Å². The van der Waals surface area contributed by atoms with E-state index in [1.807, 2.05) is 18.2 Å².